The molecule has 0 amide bonds. The number of aliphatic hydroxyl groups is 9. The molecule has 8 fully saturated rings. The van der Waals surface area contributed by atoms with Crippen molar-refractivity contribution in [3.05, 3.63) is 12.2 Å². The molecule has 3 unspecified atom stereocenters. The van der Waals surface area contributed by atoms with Gasteiger partial charge in [0.1, 0.15) is 67.1 Å². The summed E-state index contributed by atoms with van der Waals surface area (Å²) in [7, 11) is 0. The Labute approximate surface area is 391 Å². The predicted octanol–water partition coefficient (Wildman–Crippen LogP) is 0.495. The van der Waals surface area contributed by atoms with Gasteiger partial charge in [0, 0.05) is 5.41 Å². The molecular formula is C48H76O19. The normalized spacial score (nSPS) is 53.7. The quantitative estimate of drug-likeness (QED) is 0.0996. The van der Waals surface area contributed by atoms with Crippen LogP contribution in [0.3, 0.4) is 0 Å². The number of hydrogen-bond acceptors (Lipinski definition) is 18. The second kappa shape index (κ2) is 18.3. The van der Waals surface area contributed by atoms with Crippen LogP contribution in [0.2, 0.25) is 0 Å². The number of fused-ring (bicyclic) bond motifs is 7. The fraction of sp³-hybridized carbons (Fsp3) is 0.917. The van der Waals surface area contributed by atoms with E-state index in [0.29, 0.717) is 25.7 Å². The number of carbonyl (C=O) groups excluding carboxylic acids is 1. The summed E-state index contributed by atoms with van der Waals surface area (Å²) in [5.74, 6) is -1.18. The van der Waals surface area contributed by atoms with Gasteiger partial charge in [-0.3, -0.25) is 9.59 Å². The molecule has 4 saturated carbocycles. The van der Waals surface area contributed by atoms with Crippen LogP contribution in [-0.2, 0) is 42.7 Å². The Morgan fingerprint density at radius 1 is 0.687 bits per heavy atom. The van der Waals surface area contributed by atoms with E-state index in [4.69, 9.17) is 33.2 Å². The smallest absolute Gasteiger partial charge is 0.314 e. The summed E-state index contributed by atoms with van der Waals surface area (Å²) >= 11 is 0. The van der Waals surface area contributed by atoms with Crippen molar-refractivity contribution in [1.29, 1.82) is 0 Å². The minimum absolute atomic E-state index is 0.00292. The Kier molecular flexibility index (Phi) is 14.0. The van der Waals surface area contributed by atoms with Gasteiger partial charge in [0.15, 0.2) is 12.6 Å². The average Bonchev–Trinajstić information content (AvgIpc) is 3.76. The summed E-state index contributed by atoms with van der Waals surface area (Å²) in [6.45, 7) is 17.6. The molecule has 8 rings (SSSR count). The standard InChI is InChI=1S/C48H76O19/c1-20(2)22-11-14-48(16-15-45(6)23(30(22)48)9-10-27-46(45,7)13-12-26-44(4,5)67-28(17-29(50)51)47(26,27)8)43(60)66-42-37(58)34(55)32(53)25(64-42)19-61-40-38(59)35(56)39(24(18-49)63-40)65-41-36(57)33(54)31(52)21(3)62-41/h21-28,30-42,49,52-59H,1,9-19H2,2-8H3,(H,50,51)/t21-,22-,23+,24+,25+,26?,27?,28+,30+,31-,32+,33+,34-,35+,36+,37+,38+,39+,40+,41-,42-,45+,46+,47-,48?/m0/s1. The molecule has 4 aliphatic carbocycles. The zero-order valence-electron chi connectivity index (χ0n) is 39.8. The Morgan fingerprint density at radius 2 is 1.33 bits per heavy atom. The topological polar surface area (TPSA) is 301 Å². The third-order valence-corrected chi connectivity index (χ3v) is 19.2. The van der Waals surface area contributed by atoms with Gasteiger partial charge in [-0.2, -0.15) is 0 Å². The van der Waals surface area contributed by atoms with Crippen LogP contribution in [0.5, 0.6) is 0 Å². The van der Waals surface area contributed by atoms with Crippen LogP contribution in [0.15, 0.2) is 12.2 Å². The molecule has 0 radical (unpaired) electrons. The average molecular weight is 957 g/mol. The number of aliphatic carboxylic acids is 1. The first kappa shape index (κ1) is 51.4. The van der Waals surface area contributed by atoms with E-state index >= 15 is 0 Å². The van der Waals surface area contributed by atoms with Crippen LogP contribution in [0.4, 0.5) is 0 Å². The Morgan fingerprint density at radius 3 is 1.99 bits per heavy atom. The fourth-order valence-electron chi connectivity index (χ4n) is 15.5. The lowest BCUT2D eigenvalue weighted by molar-refractivity contribution is -0.361. The van der Waals surface area contributed by atoms with Crippen molar-refractivity contribution in [2.24, 2.45) is 51.2 Å². The molecule has 19 nitrogen and oxygen atoms in total. The van der Waals surface area contributed by atoms with Gasteiger partial charge in [-0.25, -0.2) is 0 Å². The number of carboxylic acids is 1. The maximum atomic E-state index is 15.0. The van der Waals surface area contributed by atoms with Gasteiger partial charge in [0.25, 0.3) is 0 Å². The second-order valence-electron chi connectivity index (χ2n) is 22.8. The lowest BCUT2D eigenvalue weighted by atomic mass is 9.33. The number of carbonyl (C=O) groups is 2. The first-order chi connectivity index (χ1) is 31.3. The number of ether oxygens (including phenoxy) is 7. The number of esters is 1. The lowest BCUT2D eigenvalue weighted by Crippen LogP contribution is -2.66. The maximum Gasteiger partial charge on any atom is 0.314 e. The van der Waals surface area contributed by atoms with Crippen LogP contribution in [0.1, 0.15) is 106 Å². The van der Waals surface area contributed by atoms with Gasteiger partial charge in [-0.05, 0) is 119 Å². The minimum Gasteiger partial charge on any atom is -0.481 e. The zero-order valence-corrected chi connectivity index (χ0v) is 39.8. The van der Waals surface area contributed by atoms with Gasteiger partial charge in [-0.1, -0.05) is 32.9 Å². The number of rotatable bonds is 11. The number of hydrogen-bond donors (Lipinski definition) is 10. The zero-order chi connectivity index (χ0) is 49.1. The summed E-state index contributed by atoms with van der Waals surface area (Å²) < 4.78 is 41.4. The summed E-state index contributed by atoms with van der Waals surface area (Å²) in [6, 6.07) is 0. The molecule has 4 heterocycles. The first-order valence-electron chi connectivity index (χ1n) is 24.3. The fourth-order valence-corrected chi connectivity index (χ4v) is 15.5. The maximum absolute atomic E-state index is 15.0. The molecule has 0 spiro atoms. The number of allylic oxidation sites excluding steroid dienone is 1. The van der Waals surface area contributed by atoms with Gasteiger partial charge >= 0.3 is 11.9 Å². The molecular weight excluding hydrogens is 881 g/mol. The van der Waals surface area contributed by atoms with Crippen molar-refractivity contribution >= 4 is 11.9 Å². The van der Waals surface area contributed by atoms with E-state index in [9.17, 15) is 60.7 Å². The van der Waals surface area contributed by atoms with Gasteiger partial charge < -0.3 is 84.2 Å². The van der Waals surface area contributed by atoms with Gasteiger partial charge in [0.2, 0.25) is 6.29 Å². The molecule has 8 aliphatic rings. The lowest BCUT2D eigenvalue weighted by Gasteiger charge is -2.70. The number of aliphatic hydroxyl groups excluding tert-OH is 9. The molecule has 4 aliphatic heterocycles. The van der Waals surface area contributed by atoms with E-state index in [1.165, 1.54) is 6.92 Å². The van der Waals surface area contributed by atoms with Crippen LogP contribution < -0.4 is 0 Å². The molecule has 382 valence electrons. The highest BCUT2D eigenvalue weighted by Crippen LogP contribution is 2.78. The van der Waals surface area contributed by atoms with E-state index in [1.54, 1.807) is 0 Å². The minimum atomic E-state index is -1.86. The molecule has 4 saturated heterocycles. The van der Waals surface area contributed by atoms with E-state index in [-0.39, 0.29) is 52.3 Å². The molecule has 25 atom stereocenters. The van der Waals surface area contributed by atoms with Crippen LogP contribution >= 0.6 is 0 Å². The van der Waals surface area contributed by atoms with E-state index < -0.39 is 134 Å². The summed E-state index contributed by atoms with van der Waals surface area (Å²) in [5.41, 5.74) is -1.30. The van der Waals surface area contributed by atoms with Crippen molar-refractivity contribution in [1.82, 2.24) is 0 Å². The molecule has 10 N–H and O–H groups in total. The van der Waals surface area contributed by atoms with Crippen LogP contribution in [-0.4, -0.2) is 180 Å². The number of carboxylic acid groups (broad SMARTS) is 1. The van der Waals surface area contributed by atoms with Gasteiger partial charge in [-0.15, -0.1) is 0 Å². The highest BCUT2D eigenvalue weighted by Gasteiger charge is 2.74. The van der Waals surface area contributed by atoms with Crippen molar-refractivity contribution in [2.75, 3.05) is 13.2 Å². The van der Waals surface area contributed by atoms with Crippen molar-refractivity contribution in [3.63, 3.8) is 0 Å². The molecule has 0 aromatic carbocycles. The molecule has 0 aromatic heterocycles. The Balaban J connectivity index is 0.973. The molecule has 19 heteroatoms. The molecule has 0 bridgehead atoms. The van der Waals surface area contributed by atoms with Crippen molar-refractivity contribution in [3.8, 4) is 0 Å². The highest BCUT2D eigenvalue weighted by atomic mass is 16.8. The highest BCUT2D eigenvalue weighted by molar-refractivity contribution is 5.78. The van der Waals surface area contributed by atoms with Crippen LogP contribution in [0.25, 0.3) is 0 Å². The van der Waals surface area contributed by atoms with E-state index in [0.717, 1.165) is 31.3 Å². The van der Waals surface area contributed by atoms with Crippen molar-refractivity contribution < 1.29 is 93.8 Å². The Hall–Kier alpha value is -1.92. The molecule has 0 aromatic rings. The molecule has 67 heavy (non-hydrogen) atoms. The van der Waals surface area contributed by atoms with E-state index in [2.05, 4.69) is 41.2 Å². The largest absolute Gasteiger partial charge is 0.481 e. The Bertz CT molecular complexity index is 1850. The summed E-state index contributed by atoms with van der Waals surface area (Å²) in [5, 5.41) is 106. The van der Waals surface area contributed by atoms with Crippen LogP contribution in [0, 0.1) is 51.2 Å². The predicted molar refractivity (Wildman–Crippen MR) is 231 cm³/mol. The van der Waals surface area contributed by atoms with Gasteiger partial charge in [0.05, 0.1) is 42.9 Å². The summed E-state index contributed by atoms with van der Waals surface area (Å²) in [6.07, 6.45) is -18.9. The van der Waals surface area contributed by atoms with Crippen molar-refractivity contribution in [2.45, 2.75) is 210 Å². The first-order valence-corrected chi connectivity index (χ1v) is 24.3. The third-order valence-electron chi connectivity index (χ3n) is 19.2. The second-order valence-corrected chi connectivity index (χ2v) is 22.8. The SMILES string of the molecule is C=C(C)[C@@H]1CCC2(C(=O)O[C@@H]3O[C@H](CO[C@@H]4O[C@H](CO)[C@@H](O[C@@H]5O[C@@H](C)[C@H](O)[C@@H](O)[C@H]5O)[C@H](O)[C@H]4O)[C@@H](O)[C@H](O)[C@H]3O)CC[C@]3(C)[C@H](CCC4[C@]5(C)C(CC[C@]43C)C(C)(C)O[C@@H]5CC(=O)O)[C@@H]12. The van der Waals surface area contributed by atoms with E-state index in [1.807, 2.05) is 6.92 Å². The summed E-state index contributed by atoms with van der Waals surface area (Å²) in [4.78, 5) is 27.2. The third kappa shape index (κ3) is 8.06. The monoisotopic (exact) mass is 956 g/mol.